The van der Waals surface area contributed by atoms with Gasteiger partial charge < -0.3 is 9.80 Å². The van der Waals surface area contributed by atoms with E-state index in [1.165, 1.54) is 61.2 Å². The average molecular weight is 397 g/mol. The third-order valence-electron chi connectivity index (χ3n) is 6.17. The first-order valence-corrected chi connectivity index (χ1v) is 11.5. The second-order valence-electron chi connectivity index (χ2n) is 8.81. The summed E-state index contributed by atoms with van der Waals surface area (Å²) >= 11 is 1.61. The number of hydrogen-bond donors (Lipinski definition) is 0. The van der Waals surface area contributed by atoms with Crippen LogP contribution in [0, 0.1) is 18.8 Å². The third kappa shape index (κ3) is 5.24. The van der Waals surface area contributed by atoms with Crippen LogP contribution in [0.2, 0.25) is 0 Å². The van der Waals surface area contributed by atoms with Gasteiger partial charge in [-0.15, -0.1) is 11.3 Å². The minimum absolute atomic E-state index is 0.195. The van der Waals surface area contributed by atoms with Crippen molar-refractivity contribution < 1.29 is 4.79 Å². The van der Waals surface area contributed by atoms with Gasteiger partial charge in [-0.2, -0.15) is 0 Å². The highest BCUT2D eigenvalue weighted by atomic mass is 32.1. The second-order valence-corrected chi connectivity index (χ2v) is 10.1. The number of rotatable bonds is 7. The summed E-state index contributed by atoms with van der Waals surface area (Å²) in [4.78, 5) is 19.6. The largest absolute Gasteiger partial charge is 0.333 e. The van der Waals surface area contributed by atoms with E-state index in [4.69, 9.17) is 0 Å². The van der Waals surface area contributed by atoms with Crippen LogP contribution in [0.4, 0.5) is 0 Å². The van der Waals surface area contributed by atoms with Crippen molar-refractivity contribution in [1.29, 1.82) is 0 Å². The zero-order valence-corrected chi connectivity index (χ0v) is 18.0. The molecule has 0 bridgehead atoms. The van der Waals surface area contributed by atoms with E-state index >= 15 is 0 Å². The minimum atomic E-state index is 0.195. The molecule has 1 saturated carbocycles. The van der Waals surface area contributed by atoms with Gasteiger partial charge in [0.25, 0.3) is 5.91 Å². The van der Waals surface area contributed by atoms with Crippen LogP contribution in [-0.2, 0) is 13.0 Å². The summed E-state index contributed by atoms with van der Waals surface area (Å²) in [5.41, 5.74) is 2.68. The molecule has 1 aliphatic carbocycles. The van der Waals surface area contributed by atoms with Crippen molar-refractivity contribution in [2.24, 2.45) is 11.8 Å². The molecule has 150 valence electrons. The van der Waals surface area contributed by atoms with E-state index in [0.717, 1.165) is 23.9 Å². The Kier molecular flexibility index (Phi) is 6.17. The van der Waals surface area contributed by atoms with Crippen molar-refractivity contribution in [2.75, 3.05) is 26.7 Å². The Morgan fingerprint density at radius 2 is 1.68 bits per heavy atom. The van der Waals surface area contributed by atoms with E-state index in [2.05, 4.69) is 48.0 Å². The van der Waals surface area contributed by atoms with E-state index in [-0.39, 0.29) is 5.91 Å². The average Bonchev–Trinajstić information content (AvgIpc) is 3.41. The Balaban J connectivity index is 1.38. The minimum Gasteiger partial charge on any atom is -0.333 e. The van der Waals surface area contributed by atoms with Gasteiger partial charge >= 0.3 is 0 Å². The highest BCUT2D eigenvalue weighted by Gasteiger charge is 2.28. The molecular formula is C24H32N2OS. The number of thiophene rings is 1. The predicted molar refractivity (Wildman–Crippen MR) is 117 cm³/mol. The number of carbonyl (C=O) groups is 1. The molecule has 1 aromatic carbocycles. The van der Waals surface area contributed by atoms with Crippen LogP contribution in [0.15, 0.2) is 36.4 Å². The number of piperidine rings is 1. The number of benzene rings is 1. The fourth-order valence-corrected chi connectivity index (χ4v) is 4.97. The van der Waals surface area contributed by atoms with Gasteiger partial charge in [0.1, 0.15) is 0 Å². The van der Waals surface area contributed by atoms with Crippen LogP contribution >= 0.6 is 11.3 Å². The number of carbonyl (C=O) groups excluding carboxylic acids is 1. The molecule has 2 aliphatic rings. The molecule has 28 heavy (non-hydrogen) atoms. The maximum Gasteiger partial charge on any atom is 0.264 e. The van der Waals surface area contributed by atoms with Gasteiger partial charge in [0.05, 0.1) is 4.88 Å². The van der Waals surface area contributed by atoms with E-state index in [1.54, 1.807) is 11.3 Å². The fraction of sp³-hybridized carbons (Fsp3) is 0.542. The Hall–Kier alpha value is -1.65. The van der Waals surface area contributed by atoms with Crippen molar-refractivity contribution in [1.82, 2.24) is 9.80 Å². The Morgan fingerprint density at radius 1 is 1.00 bits per heavy atom. The predicted octanol–water partition coefficient (Wildman–Crippen LogP) is 4.99. The molecule has 0 unspecified atom stereocenters. The zero-order chi connectivity index (χ0) is 19.5. The Morgan fingerprint density at radius 3 is 2.29 bits per heavy atom. The molecule has 0 atom stereocenters. The smallest absolute Gasteiger partial charge is 0.264 e. The third-order valence-corrected chi connectivity index (χ3v) is 7.16. The quantitative estimate of drug-likeness (QED) is 0.658. The van der Waals surface area contributed by atoms with Crippen LogP contribution in [0.25, 0.3) is 0 Å². The van der Waals surface area contributed by atoms with E-state index in [1.807, 2.05) is 12.1 Å². The summed E-state index contributed by atoms with van der Waals surface area (Å²) in [6.45, 7) is 6.13. The molecule has 0 N–H and O–H groups in total. The van der Waals surface area contributed by atoms with Crippen LogP contribution < -0.4 is 0 Å². The first kappa shape index (κ1) is 19.7. The Labute approximate surface area is 173 Å². The molecule has 0 radical (unpaired) electrons. The number of hydrogen-bond acceptors (Lipinski definition) is 3. The van der Waals surface area contributed by atoms with Crippen LogP contribution in [-0.4, -0.2) is 42.4 Å². The van der Waals surface area contributed by atoms with Gasteiger partial charge in [-0.05, 0) is 94.3 Å². The maximum atomic E-state index is 13.0. The van der Waals surface area contributed by atoms with Gasteiger partial charge in [0.15, 0.2) is 0 Å². The van der Waals surface area contributed by atoms with Crippen LogP contribution in [0.3, 0.4) is 0 Å². The monoisotopic (exact) mass is 396 g/mol. The lowest BCUT2D eigenvalue weighted by atomic mass is 9.90. The molecule has 1 aliphatic heterocycles. The molecule has 1 saturated heterocycles. The highest BCUT2D eigenvalue weighted by Crippen LogP contribution is 2.31. The summed E-state index contributed by atoms with van der Waals surface area (Å²) in [7, 11) is 2.22. The van der Waals surface area contributed by atoms with Gasteiger partial charge in [-0.3, -0.25) is 4.79 Å². The van der Waals surface area contributed by atoms with Gasteiger partial charge in [0, 0.05) is 18.0 Å². The summed E-state index contributed by atoms with van der Waals surface area (Å²) in [5, 5.41) is 0. The maximum absolute atomic E-state index is 13.0. The molecule has 4 heteroatoms. The molecular weight excluding hydrogens is 364 g/mol. The molecule has 2 heterocycles. The lowest BCUT2D eigenvalue weighted by Crippen LogP contribution is -2.32. The van der Waals surface area contributed by atoms with Crippen molar-refractivity contribution in [3.05, 3.63) is 57.3 Å². The van der Waals surface area contributed by atoms with Gasteiger partial charge in [0.2, 0.25) is 0 Å². The Bertz CT molecular complexity index is 785. The highest BCUT2D eigenvalue weighted by molar-refractivity contribution is 7.13. The second kappa shape index (κ2) is 8.79. The molecule has 3 nitrogen and oxygen atoms in total. The molecule has 4 rings (SSSR count). The summed E-state index contributed by atoms with van der Waals surface area (Å²) in [6, 6.07) is 13.1. The fourth-order valence-electron chi connectivity index (χ4n) is 4.14. The summed E-state index contributed by atoms with van der Waals surface area (Å²) in [6.07, 6.45) is 6.34. The van der Waals surface area contributed by atoms with Gasteiger partial charge in [-0.25, -0.2) is 0 Å². The SMILES string of the molecule is Cc1ccc(C(=O)N(Cc2ccc(CC3CCN(C)CC3)cc2)CC2CC2)s1. The van der Waals surface area contributed by atoms with Crippen molar-refractivity contribution in [3.63, 3.8) is 0 Å². The van der Waals surface area contributed by atoms with Crippen molar-refractivity contribution >= 4 is 17.2 Å². The molecule has 2 aromatic rings. The van der Waals surface area contributed by atoms with E-state index < -0.39 is 0 Å². The van der Waals surface area contributed by atoms with E-state index in [9.17, 15) is 4.79 Å². The number of amides is 1. The van der Waals surface area contributed by atoms with Crippen molar-refractivity contribution in [3.8, 4) is 0 Å². The number of nitrogens with zero attached hydrogens (tertiary/aromatic N) is 2. The number of aryl methyl sites for hydroxylation is 1. The van der Waals surface area contributed by atoms with Crippen LogP contribution in [0.5, 0.6) is 0 Å². The summed E-state index contributed by atoms with van der Waals surface area (Å²) < 4.78 is 0. The first-order chi connectivity index (χ1) is 13.6. The van der Waals surface area contributed by atoms with Crippen molar-refractivity contribution in [2.45, 2.75) is 45.6 Å². The normalized spacial score (nSPS) is 18.4. The molecule has 1 aromatic heterocycles. The van der Waals surface area contributed by atoms with Crippen LogP contribution in [0.1, 0.15) is 51.4 Å². The van der Waals surface area contributed by atoms with Gasteiger partial charge in [-0.1, -0.05) is 24.3 Å². The lowest BCUT2D eigenvalue weighted by molar-refractivity contribution is 0.0740. The standard InChI is InChI=1S/C24H32N2OS/c1-18-3-10-23(28-18)24(27)26(17-22-8-9-22)16-21-6-4-19(5-7-21)15-20-11-13-25(2)14-12-20/h3-7,10,20,22H,8-9,11-17H2,1-2H3. The topological polar surface area (TPSA) is 23.6 Å². The molecule has 0 spiro atoms. The number of likely N-dealkylation sites (tertiary alicyclic amines) is 1. The first-order valence-electron chi connectivity index (χ1n) is 10.7. The molecule has 2 fully saturated rings. The summed E-state index contributed by atoms with van der Waals surface area (Å²) in [5.74, 6) is 1.71. The molecule has 1 amide bonds. The zero-order valence-electron chi connectivity index (χ0n) is 17.2. The van der Waals surface area contributed by atoms with E-state index in [0.29, 0.717) is 5.92 Å². The lowest BCUT2D eigenvalue weighted by Gasteiger charge is -2.29.